The molecule has 44 heavy (non-hydrogen) atoms. The van der Waals surface area contributed by atoms with Crippen molar-refractivity contribution < 1.29 is 23.4 Å². The number of carbonyl (C=O) groups is 1. The van der Waals surface area contributed by atoms with Crippen LogP contribution in [0, 0.1) is 17.7 Å². The van der Waals surface area contributed by atoms with Crippen molar-refractivity contribution in [1.29, 1.82) is 0 Å². The zero-order valence-corrected chi connectivity index (χ0v) is 24.3. The quantitative estimate of drug-likeness (QED) is 0.303. The number of pyridine rings is 1. The molecule has 226 valence electrons. The van der Waals surface area contributed by atoms with E-state index in [0.29, 0.717) is 49.1 Å². The molecule has 2 aromatic heterocycles. The number of hydrogen-bond acceptors (Lipinski definition) is 7. The first-order valence-corrected chi connectivity index (χ1v) is 15.4. The average molecular weight is 598 g/mol. The molecule has 3 saturated heterocycles. The number of aromatic hydroxyl groups is 1. The molecule has 0 spiro atoms. The molecule has 8 rings (SSSR count). The van der Waals surface area contributed by atoms with Crippen molar-refractivity contribution in [2.24, 2.45) is 11.8 Å². The van der Waals surface area contributed by atoms with Crippen LogP contribution in [0.4, 0.5) is 8.78 Å². The summed E-state index contributed by atoms with van der Waals surface area (Å²) >= 11 is 0. The summed E-state index contributed by atoms with van der Waals surface area (Å²) in [5.74, 6) is -0.535. The largest absolute Gasteiger partial charge is 0.508 e. The highest BCUT2D eigenvalue weighted by Crippen LogP contribution is 2.60. The van der Waals surface area contributed by atoms with Crippen LogP contribution in [0.5, 0.6) is 11.8 Å². The van der Waals surface area contributed by atoms with Crippen LogP contribution < -0.4 is 4.74 Å². The number of phenols is 1. The first-order valence-electron chi connectivity index (χ1n) is 15.4. The standard InChI is InChI=1S/C34H33F2N5O3/c1-2-27(43)40-11-9-34(15-21(34)17-40)31-26-16-37-29(25-14-23(42)13-19-6-3-4-8-24(19)25)28(36)30(26)38-33(39-31)44-32-20-7-5-10-41(32)18-22(35)12-20/h2-4,6,8,13-14,16,20-22,32,42H,1,5,7,9-12,15,17-18H2/t20-,21?,22-,32?,34?/m1/s1. The third kappa shape index (κ3) is 4.33. The van der Waals surface area contributed by atoms with Gasteiger partial charge in [0.05, 0.1) is 5.69 Å². The van der Waals surface area contributed by atoms with E-state index in [1.54, 1.807) is 17.2 Å². The summed E-state index contributed by atoms with van der Waals surface area (Å²) in [6.45, 7) is 5.78. The number of ether oxygens (including phenoxy) is 1. The second kappa shape index (κ2) is 10.2. The molecule has 8 nitrogen and oxygen atoms in total. The Kier molecular flexibility index (Phi) is 6.34. The zero-order valence-electron chi connectivity index (χ0n) is 24.3. The second-order valence-electron chi connectivity index (χ2n) is 12.8. The molecular formula is C34H33F2N5O3. The summed E-state index contributed by atoms with van der Waals surface area (Å²) in [7, 11) is 0. The molecule has 4 unspecified atom stereocenters. The lowest BCUT2D eigenvalue weighted by molar-refractivity contribution is -0.127. The smallest absolute Gasteiger partial charge is 0.318 e. The average Bonchev–Trinajstić information content (AvgIpc) is 3.76. The number of alkyl halides is 1. The second-order valence-corrected chi connectivity index (χ2v) is 12.8. The number of piperidine rings is 3. The van der Waals surface area contributed by atoms with Crippen LogP contribution in [0.2, 0.25) is 0 Å². The van der Waals surface area contributed by atoms with Gasteiger partial charge in [0.2, 0.25) is 5.91 Å². The summed E-state index contributed by atoms with van der Waals surface area (Å²) < 4.78 is 37.7. The number of phenolic OH excluding ortho intramolecular Hbond substituents is 1. The van der Waals surface area contributed by atoms with Crippen molar-refractivity contribution in [2.75, 3.05) is 26.2 Å². The van der Waals surface area contributed by atoms with Gasteiger partial charge >= 0.3 is 6.01 Å². The highest BCUT2D eigenvalue weighted by molar-refractivity contribution is 5.99. The normalized spacial score (nSPS) is 29.3. The fourth-order valence-electron chi connectivity index (χ4n) is 7.99. The monoisotopic (exact) mass is 597 g/mol. The van der Waals surface area contributed by atoms with Gasteiger partial charge in [0.25, 0.3) is 0 Å². The van der Waals surface area contributed by atoms with Crippen molar-refractivity contribution in [3.05, 3.63) is 66.8 Å². The molecule has 4 aromatic rings. The summed E-state index contributed by atoms with van der Waals surface area (Å²) in [6, 6.07) is 10.7. The Balaban J connectivity index is 1.26. The lowest BCUT2D eigenvalue weighted by atomic mass is 9.86. The zero-order chi connectivity index (χ0) is 30.2. The minimum Gasteiger partial charge on any atom is -0.508 e. The van der Waals surface area contributed by atoms with E-state index < -0.39 is 12.0 Å². The van der Waals surface area contributed by atoms with E-state index in [4.69, 9.17) is 9.72 Å². The first-order chi connectivity index (χ1) is 21.3. The van der Waals surface area contributed by atoms with Crippen molar-refractivity contribution in [3.8, 4) is 23.0 Å². The van der Waals surface area contributed by atoms with E-state index >= 15 is 4.39 Å². The van der Waals surface area contributed by atoms with Gasteiger partial charge in [-0.3, -0.25) is 14.7 Å². The first kappa shape index (κ1) is 27.4. The van der Waals surface area contributed by atoms with Gasteiger partial charge in [-0.1, -0.05) is 30.8 Å². The summed E-state index contributed by atoms with van der Waals surface area (Å²) in [6.07, 6.45) is 5.43. The Bertz CT molecular complexity index is 1820. The van der Waals surface area contributed by atoms with Crippen molar-refractivity contribution in [1.82, 2.24) is 24.8 Å². The van der Waals surface area contributed by atoms with Crippen LogP contribution >= 0.6 is 0 Å². The van der Waals surface area contributed by atoms with Gasteiger partial charge in [-0.05, 0) is 67.0 Å². The number of likely N-dealkylation sites (tertiary alicyclic amines) is 1. The third-order valence-electron chi connectivity index (χ3n) is 10.2. The Morgan fingerprint density at radius 3 is 2.84 bits per heavy atom. The number of nitrogens with zero attached hydrogens (tertiary/aromatic N) is 5. The molecule has 6 atom stereocenters. The summed E-state index contributed by atoms with van der Waals surface area (Å²) in [4.78, 5) is 30.4. The maximum absolute atomic E-state index is 16.7. The Morgan fingerprint density at radius 1 is 1.16 bits per heavy atom. The van der Waals surface area contributed by atoms with Gasteiger partial charge in [-0.25, -0.2) is 8.78 Å². The Labute approximate surface area is 253 Å². The fourth-order valence-corrected chi connectivity index (χ4v) is 7.99. The van der Waals surface area contributed by atoms with Gasteiger partial charge < -0.3 is 14.7 Å². The number of rotatable bonds is 5. The van der Waals surface area contributed by atoms with Crippen molar-refractivity contribution >= 4 is 27.6 Å². The molecule has 0 radical (unpaired) electrons. The highest BCUT2D eigenvalue weighted by atomic mass is 19.1. The van der Waals surface area contributed by atoms with E-state index in [0.717, 1.165) is 36.6 Å². The minimum absolute atomic E-state index is 0.00624. The van der Waals surface area contributed by atoms with Crippen LogP contribution in [0.15, 0.2) is 55.3 Å². The summed E-state index contributed by atoms with van der Waals surface area (Å²) in [5.41, 5.74) is 0.980. The number of halogens is 2. The van der Waals surface area contributed by atoms with E-state index in [2.05, 4.69) is 16.5 Å². The molecule has 2 aromatic carbocycles. The van der Waals surface area contributed by atoms with Crippen LogP contribution in [0.1, 0.15) is 37.8 Å². The topological polar surface area (TPSA) is 91.7 Å². The van der Waals surface area contributed by atoms with Crippen molar-refractivity contribution in [3.63, 3.8) is 0 Å². The van der Waals surface area contributed by atoms with E-state index in [1.165, 1.54) is 12.1 Å². The van der Waals surface area contributed by atoms with Gasteiger partial charge in [0.1, 0.15) is 23.1 Å². The number of fused-ring (bicyclic) bond motifs is 5. The molecule has 2 bridgehead atoms. The lowest BCUT2D eigenvalue weighted by Gasteiger charge is -2.45. The molecule has 1 amide bonds. The van der Waals surface area contributed by atoms with E-state index in [9.17, 15) is 14.3 Å². The van der Waals surface area contributed by atoms with Crippen LogP contribution in [-0.2, 0) is 10.2 Å². The van der Waals surface area contributed by atoms with Gasteiger partial charge in [0, 0.05) is 54.7 Å². The van der Waals surface area contributed by atoms with Gasteiger partial charge in [0.15, 0.2) is 12.0 Å². The molecule has 1 saturated carbocycles. The number of benzene rings is 2. The maximum Gasteiger partial charge on any atom is 0.318 e. The van der Waals surface area contributed by atoms with Crippen LogP contribution in [0.25, 0.3) is 32.9 Å². The number of carbonyl (C=O) groups excluding carboxylic acids is 1. The Morgan fingerprint density at radius 2 is 2.02 bits per heavy atom. The predicted octanol–water partition coefficient (Wildman–Crippen LogP) is 5.52. The van der Waals surface area contributed by atoms with E-state index in [-0.39, 0.29) is 52.4 Å². The van der Waals surface area contributed by atoms with Crippen LogP contribution in [0.3, 0.4) is 0 Å². The predicted molar refractivity (Wildman–Crippen MR) is 161 cm³/mol. The Hall–Kier alpha value is -4.18. The van der Waals surface area contributed by atoms with Crippen molar-refractivity contribution in [2.45, 2.75) is 49.9 Å². The highest BCUT2D eigenvalue weighted by Gasteiger charge is 2.60. The molecule has 4 fully saturated rings. The number of aromatic nitrogens is 3. The van der Waals surface area contributed by atoms with E-state index in [1.807, 2.05) is 29.2 Å². The third-order valence-corrected chi connectivity index (χ3v) is 10.2. The SMILES string of the molecule is C=CC(=O)N1CCC2(c3nc(OC4[C@@H]5CCCN4C[C@H](F)C5)nc4c(F)c(-c5cc(O)cc6ccccc56)ncc34)CC2C1. The van der Waals surface area contributed by atoms with Crippen LogP contribution in [-0.4, -0.2) is 74.3 Å². The van der Waals surface area contributed by atoms with Gasteiger partial charge in [-0.15, -0.1) is 0 Å². The lowest BCUT2D eigenvalue weighted by Crippen LogP contribution is -2.55. The molecule has 4 aliphatic rings. The maximum atomic E-state index is 16.7. The number of hydrogen-bond donors (Lipinski definition) is 1. The molecule has 1 aliphatic carbocycles. The molecular weight excluding hydrogens is 564 g/mol. The molecule has 10 heteroatoms. The number of amides is 1. The molecule has 1 N–H and O–H groups in total. The molecule has 5 heterocycles. The summed E-state index contributed by atoms with van der Waals surface area (Å²) in [5, 5.41) is 12.5. The molecule has 3 aliphatic heterocycles. The minimum atomic E-state index is -0.897. The van der Waals surface area contributed by atoms with Gasteiger partial charge in [-0.2, -0.15) is 9.97 Å². The fraction of sp³-hybridized carbons (Fsp3) is 0.412.